The third-order valence-electron chi connectivity index (χ3n) is 3.34. The molecule has 0 aliphatic carbocycles. The van der Waals surface area contributed by atoms with Crippen molar-refractivity contribution in [3.63, 3.8) is 0 Å². The van der Waals surface area contributed by atoms with Gasteiger partial charge in [-0.3, -0.25) is 0 Å². The van der Waals surface area contributed by atoms with Gasteiger partial charge in [0, 0.05) is 6.04 Å². The standard InChI is InChI=1S/C12H15FN4/c1-7-3-2-4-9(16-7)12-15-6-10-11(17-12)8(13)5-14-10/h5-7,9,16H,2-4H2,1H3,(H,15,17). The van der Waals surface area contributed by atoms with E-state index in [1.807, 2.05) is 0 Å². The van der Waals surface area contributed by atoms with Gasteiger partial charge in [-0.25, -0.2) is 14.4 Å². The van der Waals surface area contributed by atoms with Crippen LogP contribution in [-0.4, -0.2) is 21.0 Å². The number of aromatic nitrogens is 3. The number of nitrogens with one attached hydrogen (secondary N) is 2. The van der Waals surface area contributed by atoms with Crippen molar-refractivity contribution in [3.05, 3.63) is 24.0 Å². The highest BCUT2D eigenvalue weighted by Crippen LogP contribution is 2.26. The summed E-state index contributed by atoms with van der Waals surface area (Å²) in [6, 6.07) is 0.680. The van der Waals surface area contributed by atoms with Crippen LogP contribution in [0.5, 0.6) is 0 Å². The van der Waals surface area contributed by atoms with Crippen molar-refractivity contribution < 1.29 is 4.39 Å². The molecule has 0 aromatic carbocycles. The first kappa shape index (κ1) is 10.7. The van der Waals surface area contributed by atoms with Gasteiger partial charge in [-0.15, -0.1) is 0 Å². The van der Waals surface area contributed by atoms with Crippen molar-refractivity contribution in [1.29, 1.82) is 0 Å². The topological polar surface area (TPSA) is 53.6 Å². The maximum atomic E-state index is 13.4. The molecule has 1 saturated heterocycles. The summed E-state index contributed by atoms with van der Waals surface area (Å²) in [7, 11) is 0. The molecule has 90 valence electrons. The van der Waals surface area contributed by atoms with E-state index in [0.29, 0.717) is 17.4 Å². The van der Waals surface area contributed by atoms with Crippen LogP contribution < -0.4 is 5.32 Å². The summed E-state index contributed by atoms with van der Waals surface area (Å²) in [6.07, 6.45) is 6.25. The molecule has 3 rings (SSSR count). The van der Waals surface area contributed by atoms with Gasteiger partial charge < -0.3 is 10.3 Å². The Morgan fingerprint density at radius 2 is 2.18 bits per heavy atom. The summed E-state index contributed by atoms with van der Waals surface area (Å²) in [5, 5.41) is 3.47. The highest BCUT2D eigenvalue weighted by atomic mass is 19.1. The van der Waals surface area contributed by atoms with Gasteiger partial charge in [0.1, 0.15) is 17.2 Å². The summed E-state index contributed by atoms with van der Waals surface area (Å²) < 4.78 is 13.4. The lowest BCUT2D eigenvalue weighted by Crippen LogP contribution is -2.35. The van der Waals surface area contributed by atoms with Crippen molar-refractivity contribution in [2.75, 3.05) is 0 Å². The van der Waals surface area contributed by atoms with Crippen LogP contribution in [0.4, 0.5) is 4.39 Å². The van der Waals surface area contributed by atoms with Crippen molar-refractivity contribution >= 4 is 0 Å². The molecule has 2 unspecified atom stereocenters. The maximum Gasteiger partial charge on any atom is 0.167 e. The molecule has 17 heavy (non-hydrogen) atoms. The molecule has 4 nitrogen and oxygen atoms in total. The minimum atomic E-state index is -0.312. The summed E-state index contributed by atoms with van der Waals surface area (Å²) in [5.41, 5.74) is 1.03. The van der Waals surface area contributed by atoms with Crippen molar-refractivity contribution in [3.8, 4) is 11.4 Å². The molecule has 2 atom stereocenters. The van der Waals surface area contributed by atoms with E-state index < -0.39 is 0 Å². The summed E-state index contributed by atoms with van der Waals surface area (Å²) in [6.45, 7) is 2.16. The first-order chi connectivity index (χ1) is 8.24. The zero-order valence-electron chi connectivity index (χ0n) is 9.70. The highest BCUT2D eigenvalue weighted by molar-refractivity contribution is 5.55. The molecule has 3 heterocycles. The Kier molecular flexibility index (Phi) is 2.55. The van der Waals surface area contributed by atoms with Crippen molar-refractivity contribution in [1.82, 2.24) is 20.3 Å². The Balaban J connectivity index is 1.94. The van der Waals surface area contributed by atoms with Gasteiger partial charge in [0.15, 0.2) is 5.82 Å². The third-order valence-corrected chi connectivity index (χ3v) is 3.34. The molecule has 0 aromatic rings. The highest BCUT2D eigenvalue weighted by Gasteiger charge is 2.22. The largest absolute Gasteiger partial charge is 0.338 e. The van der Waals surface area contributed by atoms with Crippen LogP contribution >= 0.6 is 0 Å². The van der Waals surface area contributed by atoms with Gasteiger partial charge in [0.05, 0.1) is 18.4 Å². The van der Waals surface area contributed by atoms with Gasteiger partial charge in [-0.05, 0) is 26.2 Å². The number of fused-ring (bicyclic) bond motifs is 1. The average Bonchev–Trinajstić information content (AvgIpc) is 2.71. The van der Waals surface area contributed by atoms with E-state index in [9.17, 15) is 4.39 Å². The van der Waals surface area contributed by atoms with Gasteiger partial charge in [0.25, 0.3) is 0 Å². The van der Waals surface area contributed by atoms with E-state index in [0.717, 1.165) is 12.2 Å². The predicted molar refractivity (Wildman–Crippen MR) is 62.2 cm³/mol. The second-order valence-electron chi connectivity index (χ2n) is 4.69. The minimum Gasteiger partial charge on any atom is -0.338 e. The minimum absolute atomic E-state index is 0.192. The Hall–Kier alpha value is -1.49. The van der Waals surface area contributed by atoms with Gasteiger partial charge >= 0.3 is 0 Å². The molecule has 5 heteroatoms. The smallest absolute Gasteiger partial charge is 0.167 e. The zero-order valence-corrected chi connectivity index (χ0v) is 9.70. The number of aromatic amines is 1. The zero-order chi connectivity index (χ0) is 11.8. The Morgan fingerprint density at radius 3 is 3.00 bits per heavy atom. The van der Waals surface area contributed by atoms with E-state index in [1.165, 1.54) is 19.0 Å². The fraction of sp³-hybridized carbons (Fsp3) is 0.500. The SMILES string of the molecule is CC1CCCC(c2ncc3ncc(F)c-3[nH]2)N1. The molecule has 3 aliphatic rings. The van der Waals surface area contributed by atoms with Gasteiger partial charge in [0.2, 0.25) is 0 Å². The number of hydrogen-bond acceptors (Lipinski definition) is 3. The van der Waals surface area contributed by atoms with E-state index in [4.69, 9.17) is 0 Å². The van der Waals surface area contributed by atoms with E-state index in [2.05, 4.69) is 27.2 Å². The van der Waals surface area contributed by atoms with Gasteiger partial charge in [-0.1, -0.05) is 0 Å². The second-order valence-corrected chi connectivity index (χ2v) is 4.69. The van der Waals surface area contributed by atoms with E-state index in [1.54, 1.807) is 6.20 Å². The van der Waals surface area contributed by atoms with Crippen molar-refractivity contribution in [2.24, 2.45) is 0 Å². The lowest BCUT2D eigenvalue weighted by Gasteiger charge is -2.28. The normalized spacial score (nSPS) is 25.3. The lowest BCUT2D eigenvalue weighted by atomic mass is 9.99. The lowest BCUT2D eigenvalue weighted by molar-refractivity contribution is 0.331. The number of hydrogen-bond donors (Lipinski definition) is 2. The van der Waals surface area contributed by atoms with Crippen molar-refractivity contribution in [2.45, 2.75) is 38.3 Å². The monoisotopic (exact) mass is 234 g/mol. The third kappa shape index (κ3) is 1.91. The second kappa shape index (κ2) is 4.07. The Bertz CT molecular complexity index is 495. The first-order valence-electron chi connectivity index (χ1n) is 5.99. The summed E-state index contributed by atoms with van der Waals surface area (Å²) in [4.78, 5) is 11.3. The summed E-state index contributed by atoms with van der Waals surface area (Å²) >= 11 is 0. The molecule has 0 spiro atoms. The van der Waals surface area contributed by atoms with Crippen LogP contribution in [0.15, 0.2) is 12.4 Å². The number of halogens is 1. The van der Waals surface area contributed by atoms with Crippen LogP contribution in [-0.2, 0) is 0 Å². The molecular formula is C12H15FN4. The van der Waals surface area contributed by atoms with Crippen LogP contribution in [0.1, 0.15) is 38.1 Å². The molecule has 0 aromatic heterocycles. The molecule has 0 radical (unpaired) electrons. The number of nitrogens with zero attached hydrogens (tertiary/aromatic N) is 2. The molecule has 0 amide bonds. The quantitative estimate of drug-likeness (QED) is 0.795. The first-order valence-corrected chi connectivity index (χ1v) is 5.99. The Morgan fingerprint density at radius 1 is 1.29 bits per heavy atom. The van der Waals surface area contributed by atoms with Crippen LogP contribution in [0.3, 0.4) is 0 Å². The number of H-pyrrole nitrogens is 1. The van der Waals surface area contributed by atoms with Crippen LogP contribution in [0, 0.1) is 5.82 Å². The summed E-state index contributed by atoms with van der Waals surface area (Å²) in [5.74, 6) is 0.489. The number of rotatable bonds is 1. The molecule has 3 aliphatic heterocycles. The molecule has 2 N–H and O–H groups in total. The number of piperidine rings is 1. The maximum absolute atomic E-state index is 13.4. The van der Waals surface area contributed by atoms with Crippen LogP contribution in [0.2, 0.25) is 0 Å². The van der Waals surface area contributed by atoms with E-state index in [-0.39, 0.29) is 11.9 Å². The van der Waals surface area contributed by atoms with Gasteiger partial charge in [-0.2, -0.15) is 0 Å². The van der Waals surface area contributed by atoms with E-state index >= 15 is 0 Å². The average molecular weight is 234 g/mol. The molecular weight excluding hydrogens is 219 g/mol. The molecule has 1 fully saturated rings. The fourth-order valence-corrected chi connectivity index (χ4v) is 2.42. The van der Waals surface area contributed by atoms with Crippen LogP contribution in [0.25, 0.3) is 11.4 Å². The predicted octanol–water partition coefficient (Wildman–Crippen LogP) is 2.25. The molecule has 0 saturated carbocycles. The fourth-order valence-electron chi connectivity index (χ4n) is 2.42. The molecule has 0 bridgehead atoms. The Labute approximate surface area is 99.0 Å².